The van der Waals surface area contributed by atoms with Crippen molar-refractivity contribution in [1.29, 1.82) is 0 Å². The summed E-state index contributed by atoms with van der Waals surface area (Å²) in [5.74, 6) is 0.0937. The maximum Gasteiger partial charge on any atom is 0.407 e. The van der Waals surface area contributed by atoms with Crippen molar-refractivity contribution >= 4 is 17.7 Å². The summed E-state index contributed by atoms with van der Waals surface area (Å²) < 4.78 is 4.67. The van der Waals surface area contributed by atoms with E-state index in [1.165, 1.54) is 6.07 Å². The Morgan fingerprint density at radius 2 is 2.33 bits per heavy atom. The van der Waals surface area contributed by atoms with Gasteiger partial charge in [0.25, 0.3) is 0 Å². The molecule has 82 valence electrons. The lowest BCUT2D eigenvalue weighted by molar-refractivity contribution is 0.151. The first-order chi connectivity index (χ1) is 7.13. The Balaban J connectivity index is 2.57. The summed E-state index contributed by atoms with van der Waals surface area (Å²) in [5, 5.41) is 12.4. The van der Waals surface area contributed by atoms with Crippen LogP contribution in [-0.4, -0.2) is 17.8 Å². The summed E-state index contributed by atoms with van der Waals surface area (Å²) in [4.78, 5) is 11.0. The highest BCUT2D eigenvalue weighted by molar-refractivity contribution is 6.30. The van der Waals surface area contributed by atoms with Crippen molar-refractivity contribution in [2.45, 2.75) is 13.5 Å². The van der Waals surface area contributed by atoms with Crippen molar-refractivity contribution in [3.8, 4) is 5.75 Å². The molecule has 0 saturated heterocycles. The number of benzene rings is 1. The molecule has 0 bridgehead atoms. The van der Waals surface area contributed by atoms with E-state index in [-0.39, 0.29) is 12.3 Å². The molecule has 2 N–H and O–H groups in total. The highest BCUT2D eigenvalue weighted by Gasteiger charge is 2.04. The molecule has 5 heteroatoms. The van der Waals surface area contributed by atoms with E-state index in [1.54, 1.807) is 19.1 Å². The number of alkyl carbamates (subject to hydrolysis) is 1. The Hall–Kier alpha value is -1.42. The zero-order valence-electron chi connectivity index (χ0n) is 8.29. The van der Waals surface area contributed by atoms with E-state index in [9.17, 15) is 9.90 Å². The summed E-state index contributed by atoms with van der Waals surface area (Å²) in [6, 6.07) is 4.64. The van der Waals surface area contributed by atoms with Crippen molar-refractivity contribution in [3.05, 3.63) is 28.8 Å². The predicted octanol–water partition coefficient (Wildman–Crippen LogP) is 2.29. The summed E-state index contributed by atoms with van der Waals surface area (Å²) >= 11 is 5.74. The van der Waals surface area contributed by atoms with Gasteiger partial charge in [0, 0.05) is 17.1 Å². The minimum Gasteiger partial charge on any atom is -0.508 e. The number of halogens is 1. The number of aromatic hydroxyl groups is 1. The molecular weight excluding hydrogens is 218 g/mol. The average Bonchev–Trinajstić information content (AvgIpc) is 2.20. The number of amides is 1. The molecule has 0 aliphatic carbocycles. The van der Waals surface area contributed by atoms with Gasteiger partial charge in [0.1, 0.15) is 5.75 Å². The van der Waals surface area contributed by atoms with Crippen molar-refractivity contribution < 1.29 is 14.6 Å². The average molecular weight is 230 g/mol. The highest BCUT2D eigenvalue weighted by atomic mass is 35.5. The molecular formula is C10H12ClNO3. The molecule has 0 atom stereocenters. The van der Waals surface area contributed by atoms with Gasteiger partial charge in [-0.25, -0.2) is 4.79 Å². The molecule has 1 aromatic carbocycles. The van der Waals surface area contributed by atoms with Crippen LogP contribution in [0, 0.1) is 0 Å². The standard InChI is InChI=1S/C10H12ClNO3/c1-2-15-10(14)12-6-7-5-8(11)3-4-9(7)13/h3-5,13H,2,6H2,1H3,(H,12,14). The fraction of sp³-hybridized carbons (Fsp3) is 0.300. The molecule has 0 spiro atoms. The van der Waals surface area contributed by atoms with Crippen molar-refractivity contribution in [1.82, 2.24) is 5.32 Å². The van der Waals surface area contributed by atoms with Gasteiger partial charge >= 0.3 is 6.09 Å². The highest BCUT2D eigenvalue weighted by Crippen LogP contribution is 2.20. The second kappa shape index (κ2) is 5.46. The lowest BCUT2D eigenvalue weighted by atomic mass is 10.2. The first-order valence-electron chi connectivity index (χ1n) is 4.51. The van der Waals surface area contributed by atoms with E-state index >= 15 is 0 Å². The first kappa shape index (κ1) is 11.7. The van der Waals surface area contributed by atoms with Crippen molar-refractivity contribution in [2.75, 3.05) is 6.61 Å². The number of hydrogen-bond acceptors (Lipinski definition) is 3. The second-order valence-electron chi connectivity index (χ2n) is 2.85. The number of carbonyl (C=O) groups excluding carboxylic acids is 1. The van der Waals surface area contributed by atoms with Crippen LogP contribution in [0.25, 0.3) is 0 Å². The Morgan fingerprint density at radius 1 is 1.60 bits per heavy atom. The van der Waals surface area contributed by atoms with Crippen molar-refractivity contribution in [2.24, 2.45) is 0 Å². The number of nitrogens with one attached hydrogen (secondary N) is 1. The summed E-state index contributed by atoms with van der Waals surface area (Å²) in [6.07, 6.45) is -0.517. The number of ether oxygens (including phenoxy) is 1. The van der Waals surface area contributed by atoms with Crippen LogP contribution in [0.5, 0.6) is 5.75 Å². The Kier molecular flexibility index (Phi) is 4.24. The monoisotopic (exact) mass is 229 g/mol. The zero-order valence-corrected chi connectivity index (χ0v) is 9.04. The molecule has 15 heavy (non-hydrogen) atoms. The third-order valence-corrected chi connectivity index (χ3v) is 1.98. The summed E-state index contributed by atoms with van der Waals surface area (Å²) in [6.45, 7) is 2.22. The lowest BCUT2D eigenvalue weighted by Crippen LogP contribution is -2.23. The van der Waals surface area contributed by atoms with Crippen LogP contribution < -0.4 is 5.32 Å². The van der Waals surface area contributed by atoms with Gasteiger partial charge in [0.05, 0.1) is 6.61 Å². The zero-order chi connectivity index (χ0) is 11.3. The number of phenols is 1. The van der Waals surface area contributed by atoms with Crippen LogP contribution in [0.4, 0.5) is 4.79 Å². The van der Waals surface area contributed by atoms with Gasteiger partial charge in [-0.05, 0) is 25.1 Å². The van der Waals surface area contributed by atoms with E-state index < -0.39 is 6.09 Å². The molecule has 1 amide bonds. The van der Waals surface area contributed by atoms with E-state index in [2.05, 4.69) is 10.1 Å². The van der Waals surface area contributed by atoms with Gasteiger partial charge in [-0.15, -0.1) is 0 Å². The minimum atomic E-state index is -0.517. The molecule has 0 aliphatic rings. The summed E-state index contributed by atoms with van der Waals surface area (Å²) in [7, 11) is 0. The van der Waals surface area contributed by atoms with Crippen LogP contribution in [0.15, 0.2) is 18.2 Å². The van der Waals surface area contributed by atoms with Gasteiger partial charge in [-0.2, -0.15) is 0 Å². The molecule has 0 aliphatic heterocycles. The molecule has 0 heterocycles. The third kappa shape index (κ3) is 3.67. The van der Waals surface area contributed by atoms with Crippen molar-refractivity contribution in [3.63, 3.8) is 0 Å². The van der Waals surface area contributed by atoms with Gasteiger partial charge < -0.3 is 15.2 Å². The molecule has 0 unspecified atom stereocenters. The topological polar surface area (TPSA) is 58.6 Å². The second-order valence-corrected chi connectivity index (χ2v) is 3.28. The van der Waals surface area contributed by atoms with E-state index in [4.69, 9.17) is 11.6 Å². The van der Waals surface area contributed by atoms with E-state index in [0.29, 0.717) is 17.2 Å². The predicted molar refractivity (Wildman–Crippen MR) is 57.0 cm³/mol. The first-order valence-corrected chi connectivity index (χ1v) is 4.89. The third-order valence-electron chi connectivity index (χ3n) is 1.74. The van der Waals surface area contributed by atoms with Crippen LogP contribution >= 0.6 is 11.6 Å². The molecule has 1 aromatic rings. The number of hydrogen-bond donors (Lipinski definition) is 2. The molecule has 0 fully saturated rings. The minimum absolute atomic E-state index is 0.0937. The normalized spacial score (nSPS) is 9.73. The number of phenolic OH excluding ortho intramolecular Hbond substituents is 1. The maximum atomic E-state index is 11.0. The Morgan fingerprint density at radius 3 is 3.00 bits per heavy atom. The van der Waals surface area contributed by atoms with Crippen LogP contribution in [0.2, 0.25) is 5.02 Å². The number of rotatable bonds is 3. The van der Waals surface area contributed by atoms with E-state index in [0.717, 1.165) is 0 Å². The van der Waals surface area contributed by atoms with Crippen LogP contribution in [0.1, 0.15) is 12.5 Å². The summed E-state index contributed by atoms with van der Waals surface area (Å²) in [5.41, 5.74) is 0.551. The van der Waals surface area contributed by atoms with E-state index in [1.807, 2.05) is 0 Å². The fourth-order valence-electron chi connectivity index (χ4n) is 1.05. The number of carbonyl (C=O) groups is 1. The molecule has 0 aromatic heterocycles. The largest absolute Gasteiger partial charge is 0.508 e. The smallest absolute Gasteiger partial charge is 0.407 e. The van der Waals surface area contributed by atoms with Gasteiger partial charge in [-0.1, -0.05) is 11.6 Å². The Bertz CT molecular complexity index is 355. The SMILES string of the molecule is CCOC(=O)NCc1cc(Cl)ccc1O. The van der Waals surface area contributed by atoms with Gasteiger partial charge in [0.15, 0.2) is 0 Å². The van der Waals surface area contributed by atoms with Gasteiger partial charge in [0.2, 0.25) is 0 Å². The van der Waals surface area contributed by atoms with Crippen LogP contribution in [0.3, 0.4) is 0 Å². The fourth-order valence-corrected chi connectivity index (χ4v) is 1.24. The lowest BCUT2D eigenvalue weighted by Gasteiger charge is -2.07. The molecule has 4 nitrogen and oxygen atoms in total. The quantitative estimate of drug-likeness (QED) is 0.836. The molecule has 1 rings (SSSR count). The maximum absolute atomic E-state index is 11.0. The Labute approximate surface area is 92.8 Å². The van der Waals surface area contributed by atoms with Crippen LogP contribution in [-0.2, 0) is 11.3 Å². The molecule has 0 radical (unpaired) electrons. The molecule has 0 saturated carbocycles. The van der Waals surface area contributed by atoms with Gasteiger partial charge in [-0.3, -0.25) is 0 Å².